The smallest absolute Gasteiger partial charge is 0.272 e. The molecule has 3 rings (SSSR count). The lowest BCUT2D eigenvalue weighted by molar-refractivity contribution is 0.0942. The molecule has 9 nitrogen and oxygen atoms in total. The van der Waals surface area contributed by atoms with Gasteiger partial charge in [-0.15, -0.1) is 12.4 Å². The Bertz CT molecular complexity index is 1190. The molecule has 0 unspecified atom stereocenters. The molecule has 0 saturated carbocycles. The number of carbonyl (C=O) groups excluding carboxylic acids is 3. The summed E-state index contributed by atoms with van der Waals surface area (Å²) in [4.78, 5) is 39.9. The van der Waals surface area contributed by atoms with E-state index in [-0.39, 0.29) is 30.1 Å². The van der Waals surface area contributed by atoms with Gasteiger partial charge < -0.3 is 30.0 Å². The number of aromatic nitrogens is 2. The average Bonchev–Trinajstić information content (AvgIpc) is 3.33. The summed E-state index contributed by atoms with van der Waals surface area (Å²) in [5.41, 5.74) is 2.39. The molecule has 0 bridgehead atoms. The number of carbonyl (C=O) groups is 3. The van der Waals surface area contributed by atoms with Crippen molar-refractivity contribution in [3.8, 4) is 0 Å². The van der Waals surface area contributed by atoms with E-state index in [1.165, 1.54) is 0 Å². The van der Waals surface area contributed by atoms with E-state index < -0.39 is 0 Å². The van der Waals surface area contributed by atoms with Gasteiger partial charge in [-0.25, -0.2) is 0 Å². The second kappa shape index (κ2) is 12.8. The number of rotatable bonds is 9. The number of hydrogen-bond donors (Lipinski definition) is 3. The highest BCUT2D eigenvalue weighted by atomic mass is 127. The molecule has 0 atom stereocenters. The molecule has 11 heteroatoms. The maximum Gasteiger partial charge on any atom is 0.272 e. The fourth-order valence-corrected chi connectivity index (χ4v) is 3.76. The lowest BCUT2D eigenvalue weighted by Gasteiger charge is -2.10. The molecule has 35 heavy (non-hydrogen) atoms. The van der Waals surface area contributed by atoms with Gasteiger partial charge in [0.25, 0.3) is 17.7 Å². The highest BCUT2D eigenvalue weighted by Gasteiger charge is 2.17. The van der Waals surface area contributed by atoms with Crippen LogP contribution >= 0.6 is 35.0 Å². The normalized spacial score (nSPS) is 10.6. The molecule has 0 aliphatic heterocycles. The number of aryl methyl sites for hydroxylation is 2. The van der Waals surface area contributed by atoms with Crippen molar-refractivity contribution < 1.29 is 14.4 Å². The van der Waals surface area contributed by atoms with Gasteiger partial charge in [0.1, 0.15) is 11.4 Å². The van der Waals surface area contributed by atoms with Crippen molar-refractivity contribution in [3.63, 3.8) is 0 Å². The Labute approximate surface area is 224 Å². The number of benzene rings is 1. The largest absolute Gasteiger partial charge is 0.351 e. The van der Waals surface area contributed by atoms with Crippen molar-refractivity contribution in [2.24, 2.45) is 14.1 Å². The molecule has 2 aromatic heterocycles. The molecule has 1 aromatic carbocycles. The summed E-state index contributed by atoms with van der Waals surface area (Å²) in [5.74, 6) is -0.791. The molecule has 3 amide bonds. The van der Waals surface area contributed by atoms with Gasteiger partial charge in [0.15, 0.2) is 0 Å². The van der Waals surface area contributed by atoms with Crippen molar-refractivity contribution in [1.29, 1.82) is 0 Å². The van der Waals surface area contributed by atoms with Gasteiger partial charge in [0.05, 0.1) is 11.4 Å². The number of anilines is 2. The van der Waals surface area contributed by atoms with Crippen molar-refractivity contribution in [3.05, 3.63) is 69.3 Å². The van der Waals surface area contributed by atoms with Gasteiger partial charge in [-0.2, -0.15) is 0 Å². The van der Waals surface area contributed by atoms with Crippen LogP contribution in [0.25, 0.3) is 0 Å². The monoisotopic (exact) mass is 612 g/mol. The maximum atomic E-state index is 12.8. The summed E-state index contributed by atoms with van der Waals surface area (Å²) in [6.45, 7) is 1.46. The van der Waals surface area contributed by atoms with Gasteiger partial charge in [-0.1, -0.05) is 0 Å². The van der Waals surface area contributed by atoms with Gasteiger partial charge in [-0.3, -0.25) is 14.4 Å². The second-order valence-electron chi connectivity index (χ2n) is 8.28. The van der Waals surface area contributed by atoms with Crippen LogP contribution in [-0.2, 0) is 14.1 Å². The molecular formula is C24H30ClIN6O3. The fraction of sp³-hybridized carbons (Fsp3) is 0.292. The van der Waals surface area contributed by atoms with Gasteiger partial charge in [0.2, 0.25) is 0 Å². The molecular weight excluding hydrogens is 583 g/mol. The molecule has 0 spiro atoms. The Morgan fingerprint density at radius 3 is 1.91 bits per heavy atom. The molecule has 2 heterocycles. The number of nitrogens with one attached hydrogen (secondary N) is 3. The van der Waals surface area contributed by atoms with Gasteiger partial charge in [0, 0.05) is 42.2 Å². The van der Waals surface area contributed by atoms with Crippen LogP contribution in [0.4, 0.5) is 11.4 Å². The van der Waals surface area contributed by atoms with E-state index in [1.54, 1.807) is 59.9 Å². The lowest BCUT2D eigenvalue weighted by Crippen LogP contribution is -2.28. The SMILES string of the molecule is CN(C)CCCNC(=O)c1cc(NC(=O)c2cc(NC(=O)c3ccc(I)cc3)cn2C)cn1C.Cl. The minimum Gasteiger partial charge on any atom is -0.351 e. The highest BCUT2D eigenvalue weighted by molar-refractivity contribution is 14.1. The zero-order chi connectivity index (χ0) is 24.8. The minimum atomic E-state index is -0.346. The van der Waals surface area contributed by atoms with E-state index in [0.29, 0.717) is 34.9 Å². The summed E-state index contributed by atoms with van der Waals surface area (Å²) in [5, 5.41) is 8.53. The highest BCUT2D eigenvalue weighted by Crippen LogP contribution is 2.18. The molecule has 3 N–H and O–H groups in total. The quantitative estimate of drug-likeness (QED) is 0.254. The lowest BCUT2D eigenvalue weighted by atomic mass is 10.2. The van der Waals surface area contributed by atoms with Crippen molar-refractivity contribution in [2.75, 3.05) is 37.8 Å². The molecule has 0 aliphatic rings. The number of halogens is 2. The van der Waals surface area contributed by atoms with Gasteiger partial charge in [-0.05, 0) is 86.0 Å². The molecule has 0 saturated heterocycles. The Kier molecular flexibility index (Phi) is 10.3. The summed E-state index contributed by atoms with van der Waals surface area (Å²) >= 11 is 2.18. The second-order valence-corrected chi connectivity index (χ2v) is 9.52. The Balaban J connectivity index is 0.00000432. The first-order valence-corrected chi connectivity index (χ1v) is 11.9. The maximum absolute atomic E-state index is 12.8. The van der Waals surface area contributed by atoms with Crippen molar-refractivity contribution >= 4 is 64.1 Å². The first-order chi connectivity index (χ1) is 16.1. The molecule has 0 fully saturated rings. The predicted molar refractivity (Wildman–Crippen MR) is 149 cm³/mol. The molecule has 0 radical (unpaired) electrons. The van der Waals surface area contributed by atoms with E-state index in [9.17, 15) is 14.4 Å². The Morgan fingerprint density at radius 1 is 0.857 bits per heavy atom. The van der Waals surface area contributed by atoms with Crippen LogP contribution < -0.4 is 16.0 Å². The van der Waals surface area contributed by atoms with Crippen molar-refractivity contribution in [2.45, 2.75) is 6.42 Å². The molecule has 0 aliphatic carbocycles. The topological polar surface area (TPSA) is 100 Å². The standard InChI is InChI=1S/C24H29IN6O3.ClH/c1-29(2)11-5-10-26-23(33)20-12-19(15-30(20)3)28-24(34)21-13-18(14-31(21)4)27-22(32)16-6-8-17(25)9-7-16;/h6-9,12-15H,5,10-11H2,1-4H3,(H,26,33)(H,27,32)(H,28,34);1H. The summed E-state index contributed by atoms with van der Waals surface area (Å²) in [6.07, 6.45) is 4.22. The average molecular weight is 613 g/mol. The van der Waals surface area contributed by atoms with Crippen LogP contribution in [0.5, 0.6) is 0 Å². The Hall–Kier alpha value is -2.83. The van der Waals surface area contributed by atoms with Crippen LogP contribution in [0.2, 0.25) is 0 Å². The minimum absolute atomic E-state index is 0. The summed E-state index contributed by atoms with van der Waals surface area (Å²) in [6, 6.07) is 10.5. The number of hydrogen-bond acceptors (Lipinski definition) is 4. The van der Waals surface area contributed by atoms with Crippen molar-refractivity contribution in [1.82, 2.24) is 19.4 Å². The van der Waals surface area contributed by atoms with Crippen LogP contribution in [-0.4, -0.2) is 58.9 Å². The van der Waals surface area contributed by atoms with E-state index in [4.69, 9.17) is 0 Å². The third kappa shape index (κ3) is 7.84. The fourth-order valence-electron chi connectivity index (χ4n) is 3.40. The van der Waals surface area contributed by atoms with E-state index in [0.717, 1.165) is 16.5 Å². The number of amides is 3. The third-order valence-corrected chi connectivity index (χ3v) is 5.88. The van der Waals surface area contributed by atoms with Crippen LogP contribution in [0, 0.1) is 3.57 Å². The number of nitrogens with zero attached hydrogens (tertiary/aromatic N) is 3. The predicted octanol–water partition coefficient (Wildman–Crippen LogP) is 3.58. The zero-order valence-corrected chi connectivity index (χ0v) is 23.1. The molecule has 188 valence electrons. The summed E-state index contributed by atoms with van der Waals surface area (Å²) in [7, 11) is 7.46. The van der Waals surface area contributed by atoms with Gasteiger partial charge >= 0.3 is 0 Å². The van der Waals surface area contributed by atoms with Crippen LogP contribution in [0.15, 0.2) is 48.8 Å². The van der Waals surface area contributed by atoms with E-state index in [1.807, 2.05) is 26.2 Å². The third-order valence-electron chi connectivity index (χ3n) is 5.16. The first kappa shape index (κ1) is 28.4. The Morgan fingerprint density at radius 2 is 1.37 bits per heavy atom. The first-order valence-electron chi connectivity index (χ1n) is 10.8. The van der Waals surface area contributed by atoms with Crippen LogP contribution in [0.1, 0.15) is 37.8 Å². The zero-order valence-electron chi connectivity index (χ0n) is 20.1. The summed E-state index contributed by atoms with van der Waals surface area (Å²) < 4.78 is 4.35. The van der Waals surface area contributed by atoms with E-state index in [2.05, 4.69) is 43.4 Å². The van der Waals surface area contributed by atoms with Crippen LogP contribution in [0.3, 0.4) is 0 Å². The molecule has 3 aromatic rings. The van der Waals surface area contributed by atoms with E-state index >= 15 is 0 Å².